The Hall–Kier alpha value is -7.05. The van der Waals surface area contributed by atoms with Gasteiger partial charge in [-0.1, -0.05) is 91.0 Å². The Kier molecular flexibility index (Phi) is 8.59. The minimum absolute atomic E-state index is 0.600. The average Bonchev–Trinajstić information content (AvgIpc) is 3.88. The van der Waals surface area contributed by atoms with E-state index in [0.717, 1.165) is 36.3 Å². The van der Waals surface area contributed by atoms with Gasteiger partial charge in [0.2, 0.25) is 0 Å². The van der Waals surface area contributed by atoms with Crippen LogP contribution in [0.2, 0.25) is 0 Å². The molecule has 0 atom stereocenters. The highest BCUT2D eigenvalue weighted by atomic mass is 15.0. The number of rotatable bonds is 9. The van der Waals surface area contributed by atoms with Gasteiger partial charge >= 0.3 is 0 Å². The van der Waals surface area contributed by atoms with Crippen molar-refractivity contribution >= 4 is 102 Å². The van der Waals surface area contributed by atoms with Crippen LogP contribution in [-0.2, 0) is 19.6 Å². The van der Waals surface area contributed by atoms with Crippen LogP contribution in [0.25, 0.3) is 102 Å². The molecule has 4 heterocycles. The van der Waals surface area contributed by atoms with E-state index in [1.54, 1.807) is 0 Å². The topological polar surface area (TPSA) is 53.5 Å². The number of aryl methyl sites for hydroxylation is 3. The summed E-state index contributed by atoms with van der Waals surface area (Å²) in [4.78, 5) is 14.8. The van der Waals surface area contributed by atoms with Crippen molar-refractivity contribution in [1.82, 2.24) is 28.7 Å². The van der Waals surface area contributed by atoms with Crippen LogP contribution >= 0.6 is 0 Å². The summed E-state index contributed by atoms with van der Waals surface area (Å²) in [7, 11) is 0. The Morgan fingerprint density at radius 1 is 0.333 bits per heavy atom. The highest BCUT2D eigenvalue weighted by Crippen LogP contribution is 2.33. The molecule has 0 bridgehead atoms. The van der Waals surface area contributed by atoms with Gasteiger partial charge in [-0.05, 0) is 110 Å². The van der Waals surface area contributed by atoms with E-state index in [9.17, 15) is 0 Å². The number of fused-ring (bicyclic) bond motifs is 9. The van der Waals surface area contributed by atoms with Crippen molar-refractivity contribution in [3.05, 3.63) is 162 Å². The molecule has 4 aromatic heterocycles. The molecule has 6 heteroatoms. The average molecular weight is 739 g/mol. The minimum Gasteiger partial charge on any atom is -0.341 e. The number of aromatic nitrogens is 6. The standard InChI is InChI=1S/C51H42N6/c1-4-55-43-16-10-7-13-37(43)40-31-34(19-25-46(40)55)22-28-49-52-50(29-23-35-20-26-47-41(32-35)38-14-8-11-17-44(38)56(47)5-2)54-51(53-49)30-24-36-21-27-48-42(33-36)39-15-9-12-18-45(39)57(48)6-3/h7-33H,4-6H2,1-3H3/b28-22+,29-23+,30-24+. The molecule has 10 aromatic rings. The molecule has 276 valence electrons. The summed E-state index contributed by atoms with van der Waals surface area (Å²) < 4.78 is 7.13. The number of nitrogens with zero attached hydrogens (tertiary/aromatic N) is 6. The number of hydrogen-bond acceptors (Lipinski definition) is 3. The van der Waals surface area contributed by atoms with Crippen LogP contribution in [0.5, 0.6) is 0 Å². The summed E-state index contributed by atoms with van der Waals surface area (Å²) in [5, 5.41) is 7.53. The van der Waals surface area contributed by atoms with Crippen molar-refractivity contribution in [2.75, 3.05) is 0 Å². The highest BCUT2D eigenvalue weighted by molar-refractivity contribution is 6.10. The van der Waals surface area contributed by atoms with Crippen LogP contribution in [-0.4, -0.2) is 28.7 Å². The lowest BCUT2D eigenvalue weighted by Gasteiger charge is -2.04. The molecule has 0 spiro atoms. The molecule has 0 aliphatic heterocycles. The van der Waals surface area contributed by atoms with E-state index in [1.807, 2.05) is 18.2 Å². The van der Waals surface area contributed by atoms with Crippen LogP contribution in [0.4, 0.5) is 0 Å². The van der Waals surface area contributed by atoms with E-state index < -0.39 is 0 Å². The predicted molar refractivity (Wildman–Crippen MR) is 242 cm³/mol. The van der Waals surface area contributed by atoms with Crippen molar-refractivity contribution in [3.63, 3.8) is 0 Å². The first-order valence-electron chi connectivity index (χ1n) is 19.9. The van der Waals surface area contributed by atoms with E-state index in [0.29, 0.717) is 17.5 Å². The number of hydrogen-bond donors (Lipinski definition) is 0. The first kappa shape index (κ1) is 34.4. The molecule has 0 aliphatic rings. The van der Waals surface area contributed by atoms with Gasteiger partial charge in [-0.3, -0.25) is 0 Å². The first-order chi connectivity index (χ1) is 28.1. The normalized spacial score (nSPS) is 12.5. The third kappa shape index (κ3) is 6.01. The fraction of sp³-hybridized carbons (Fsp3) is 0.118. The van der Waals surface area contributed by atoms with Crippen LogP contribution in [0.15, 0.2) is 127 Å². The second-order valence-electron chi connectivity index (χ2n) is 14.5. The van der Waals surface area contributed by atoms with E-state index in [1.165, 1.54) is 65.4 Å². The zero-order valence-electron chi connectivity index (χ0n) is 32.4. The van der Waals surface area contributed by atoms with Crippen molar-refractivity contribution in [1.29, 1.82) is 0 Å². The number of para-hydroxylation sites is 3. The van der Waals surface area contributed by atoms with Crippen molar-refractivity contribution in [2.24, 2.45) is 0 Å². The Bertz CT molecular complexity index is 2900. The molecule has 0 aliphatic carbocycles. The largest absolute Gasteiger partial charge is 0.341 e. The monoisotopic (exact) mass is 738 g/mol. The van der Waals surface area contributed by atoms with E-state index >= 15 is 0 Å². The molecule has 0 saturated carbocycles. The van der Waals surface area contributed by atoms with Gasteiger partial charge in [0, 0.05) is 85.1 Å². The van der Waals surface area contributed by atoms with Gasteiger partial charge < -0.3 is 13.7 Å². The second kappa shape index (κ2) is 14.2. The second-order valence-corrected chi connectivity index (χ2v) is 14.5. The Labute approximate surface area is 331 Å². The lowest BCUT2D eigenvalue weighted by Crippen LogP contribution is -1.99. The summed E-state index contributed by atoms with van der Waals surface area (Å²) in [5.74, 6) is 1.80. The zero-order valence-corrected chi connectivity index (χ0v) is 32.4. The van der Waals surface area contributed by atoms with Gasteiger partial charge in [0.1, 0.15) is 0 Å². The Morgan fingerprint density at radius 2 is 0.614 bits per heavy atom. The molecule has 0 fully saturated rings. The van der Waals surface area contributed by atoms with Crippen molar-refractivity contribution in [3.8, 4) is 0 Å². The van der Waals surface area contributed by atoms with Gasteiger partial charge in [0.15, 0.2) is 17.5 Å². The Balaban J connectivity index is 1.03. The maximum absolute atomic E-state index is 4.92. The molecular weight excluding hydrogens is 697 g/mol. The fourth-order valence-corrected chi connectivity index (χ4v) is 8.71. The summed E-state index contributed by atoms with van der Waals surface area (Å²) in [5.41, 5.74) is 10.8. The molecule has 0 N–H and O–H groups in total. The molecule has 0 radical (unpaired) electrons. The van der Waals surface area contributed by atoms with Gasteiger partial charge in [0.25, 0.3) is 0 Å². The number of benzene rings is 6. The summed E-state index contributed by atoms with van der Waals surface area (Å²) in [6.07, 6.45) is 12.3. The van der Waals surface area contributed by atoms with Gasteiger partial charge in [0.05, 0.1) is 0 Å². The zero-order chi connectivity index (χ0) is 38.5. The van der Waals surface area contributed by atoms with Gasteiger partial charge in [-0.15, -0.1) is 0 Å². The molecule has 0 unspecified atom stereocenters. The maximum atomic E-state index is 4.92. The SMILES string of the molecule is CCn1c2ccccc2c2cc(/C=C/c3nc(/C=C/c4ccc5c(c4)c4ccccc4n5CC)nc(/C=C/c4ccc5c(c4)c4ccccc4n5CC)n3)ccc21. The summed E-state index contributed by atoms with van der Waals surface area (Å²) in [6.45, 7) is 9.36. The molecule has 6 aromatic carbocycles. The smallest absolute Gasteiger partial charge is 0.156 e. The predicted octanol–water partition coefficient (Wildman–Crippen LogP) is 12.8. The third-order valence-electron chi connectivity index (χ3n) is 11.3. The quantitative estimate of drug-likeness (QED) is 0.148. The van der Waals surface area contributed by atoms with E-state index in [-0.39, 0.29) is 0 Å². The molecular formula is C51H42N6. The van der Waals surface area contributed by atoms with E-state index in [2.05, 4.69) is 180 Å². The maximum Gasteiger partial charge on any atom is 0.156 e. The van der Waals surface area contributed by atoms with Crippen molar-refractivity contribution < 1.29 is 0 Å². The van der Waals surface area contributed by atoms with Crippen LogP contribution < -0.4 is 0 Å². The van der Waals surface area contributed by atoms with Gasteiger partial charge in [-0.2, -0.15) is 0 Å². The lowest BCUT2D eigenvalue weighted by molar-refractivity contribution is 0.827. The molecule has 0 amide bonds. The lowest BCUT2D eigenvalue weighted by atomic mass is 10.1. The molecule has 6 nitrogen and oxygen atoms in total. The third-order valence-corrected chi connectivity index (χ3v) is 11.3. The minimum atomic E-state index is 0.600. The first-order valence-corrected chi connectivity index (χ1v) is 19.9. The van der Waals surface area contributed by atoms with Crippen LogP contribution in [0.3, 0.4) is 0 Å². The van der Waals surface area contributed by atoms with Gasteiger partial charge in [-0.25, -0.2) is 15.0 Å². The van der Waals surface area contributed by atoms with E-state index in [4.69, 9.17) is 15.0 Å². The van der Waals surface area contributed by atoms with Crippen LogP contribution in [0, 0.1) is 0 Å². The van der Waals surface area contributed by atoms with Crippen molar-refractivity contribution in [2.45, 2.75) is 40.4 Å². The Morgan fingerprint density at radius 3 is 0.912 bits per heavy atom. The molecule has 10 rings (SSSR count). The molecule has 0 saturated heterocycles. The van der Waals surface area contributed by atoms with Crippen LogP contribution in [0.1, 0.15) is 54.9 Å². The fourth-order valence-electron chi connectivity index (χ4n) is 8.71. The summed E-state index contributed by atoms with van der Waals surface area (Å²) >= 11 is 0. The summed E-state index contributed by atoms with van der Waals surface area (Å²) in [6, 6.07) is 45.9. The molecule has 57 heavy (non-hydrogen) atoms. The highest BCUT2D eigenvalue weighted by Gasteiger charge is 2.12.